The van der Waals surface area contributed by atoms with Gasteiger partial charge in [0, 0.05) is 23.8 Å². The van der Waals surface area contributed by atoms with E-state index in [-0.39, 0.29) is 11.8 Å². The van der Waals surface area contributed by atoms with Crippen molar-refractivity contribution in [3.63, 3.8) is 0 Å². The highest BCUT2D eigenvalue weighted by molar-refractivity contribution is 6.31. The molecule has 2 N–H and O–H groups in total. The molecule has 0 spiro atoms. The van der Waals surface area contributed by atoms with Gasteiger partial charge in [-0.1, -0.05) is 31.5 Å². The van der Waals surface area contributed by atoms with Gasteiger partial charge in [0.05, 0.1) is 13.2 Å². The Hall–Kier alpha value is -1.79. The molecule has 1 aromatic rings. The van der Waals surface area contributed by atoms with Gasteiger partial charge in [-0.05, 0) is 30.5 Å². The topological polar surface area (TPSA) is 70.7 Å². The number of carbonyl (C=O) groups excluding carboxylic acids is 2. The van der Waals surface area contributed by atoms with Gasteiger partial charge in [0.15, 0.2) is 0 Å². The fourth-order valence-corrected chi connectivity index (χ4v) is 2.65. The van der Waals surface area contributed by atoms with E-state index >= 15 is 0 Å². The Kier molecular flexibility index (Phi) is 6.45. The van der Waals surface area contributed by atoms with Crippen LogP contribution in [0.25, 0.3) is 0 Å². The van der Waals surface area contributed by atoms with Gasteiger partial charge < -0.3 is 20.3 Å². The third-order valence-electron chi connectivity index (χ3n) is 3.97. The molecule has 6 nitrogen and oxygen atoms in total. The van der Waals surface area contributed by atoms with Crippen LogP contribution in [0.1, 0.15) is 19.4 Å². The van der Waals surface area contributed by atoms with E-state index in [9.17, 15) is 9.59 Å². The maximum absolute atomic E-state index is 12.6. The van der Waals surface area contributed by atoms with Crippen LogP contribution in [0, 0.1) is 12.8 Å². The van der Waals surface area contributed by atoms with Crippen molar-refractivity contribution < 1.29 is 14.3 Å². The number of hydrogen-bond donors (Lipinski definition) is 2. The van der Waals surface area contributed by atoms with Gasteiger partial charge in [0.2, 0.25) is 5.91 Å². The second-order valence-electron chi connectivity index (χ2n) is 6.22. The zero-order chi connectivity index (χ0) is 17.7. The maximum Gasteiger partial charge on any atom is 0.319 e. The molecule has 0 aromatic heterocycles. The first-order valence-corrected chi connectivity index (χ1v) is 8.46. The van der Waals surface area contributed by atoms with Crippen molar-refractivity contribution >= 4 is 29.2 Å². The fourth-order valence-electron chi connectivity index (χ4n) is 2.47. The molecule has 7 heteroatoms. The molecule has 24 heavy (non-hydrogen) atoms. The number of aryl methyl sites for hydroxylation is 1. The molecule has 0 saturated carbocycles. The molecule has 1 fully saturated rings. The first-order chi connectivity index (χ1) is 11.4. The van der Waals surface area contributed by atoms with E-state index in [1.54, 1.807) is 17.0 Å². The van der Waals surface area contributed by atoms with Crippen LogP contribution in [0.5, 0.6) is 0 Å². The zero-order valence-corrected chi connectivity index (χ0v) is 15.0. The molecule has 1 aliphatic heterocycles. The van der Waals surface area contributed by atoms with Crippen molar-refractivity contribution in [1.82, 2.24) is 10.2 Å². The van der Waals surface area contributed by atoms with Crippen LogP contribution in [-0.2, 0) is 9.53 Å². The lowest BCUT2D eigenvalue weighted by Crippen LogP contribution is -2.54. The highest BCUT2D eigenvalue weighted by Gasteiger charge is 2.29. The van der Waals surface area contributed by atoms with Crippen LogP contribution >= 0.6 is 11.6 Å². The summed E-state index contributed by atoms with van der Waals surface area (Å²) in [6.07, 6.45) is 0. The summed E-state index contributed by atoms with van der Waals surface area (Å²) in [6.45, 7) is 7.88. The van der Waals surface area contributed by atoms with Crippen LogP contribution in [0.15, 0.2) is 18.2 Å². The lowest BCUT2D eigenvalue weighted by atomic mass is 10.0. The van der Waals surface area contributed by atoms with E-state index in [2.05, 4.69) is 10.6 Å². The van der Waals surface area contributed by atoms with E-state index < -0.39 is 12.1 Å². The third kappa shape index (κ3) is 4.85. The van der Waals surface area contributed by atoms with Crippen molar-refractivity contribution in [2.45, 2.75) is 26.8 Å². The van der Waals surface area contributed by atoms with Crippen molar-refractivity contribution in [1.29, 1.82) is 0 Å². The lowest BCUT2D eigenvalue weighted by molar-refractivity contribution is -0.138. The first kappa shape index (κ1) is 18.5. The van der Waals surface area contributed by atoms with Crippen LogP contribution in [0.2, 0.25) is 5.02 Å². The molecular formula is C17H24ClN3O3. The van der Waals surface area contributed by atoms with Gasteiger partial charge >= 0.3 is 6.03 Å². The van der Waals surface area contributed by atoms with E-state index in [1.165, 1.54) is 0 Å². The quantitative estimate of drug-likeness (QED) is 0.874. The number of halogens is 1. The number of urea groups is 1. The lowest BCUT2D eigenvalue weighted by Gasteiger charge is -2.32. The van der Waals surface area contributed by atoms with Crippen molar-refractivity contribution in [3.05, 3.63) is 28.8 Å². The van der Waals surface area contributed by atoms with Crippen LogP contribution in [0.3, 0.4) is 0 Å². The van der Waals surface area contributed by atoms with E-state index in [0.717, 1.165) is 5.56 Å². The summed E-state index contributed by atoms with van der Waals surface area (Å²) in [5.41, 5.74) is 1.52. The predicted octanol–water partition coefficient (Wildman–Crippen LogP) is 2.65. The monoisotopic (exact) mass is 353 g/mol. The Bertz CT molecular complexity index is 601. The van der Waals surface area contributed by atoms with E-state index in [1.807, 2.05) is 26.8 Å². The smallest absolute Gasteiger partial charge is 0.319 e. The number of anilines is 1. The minimum atomic E-state index is -0.580. The number of ether oxygens (including phenoxy) is 1. The first-order valence-electron chi connectivity index (χ1n) is 8.08. The van der Waals surface area contributed by atoms with Gasteiger partial charge in [-0.2, -0.15) is 0 Å². The largest absolute Gasteiger partial charge is 0.378 e. The van der Waals surface area contributed by atoms with E-state index in [4.69, 9.17) is 16.3 Å². The highest BCUT2D eigenvalue weighted by atomic mass is 35.5. The standard InChI is InChI=1S/C17H24ClN3O3/c1-11(2)15(16(22)21-6-8-24-9-7-21)20-17(23)19-13-5-4-12(3)14(18)10-13/h4-5,10-11,15H,6-9H2,1-3H3,(H2,19,20,23). The molecule has 1 atom stereocenters. The molecule has 2 rings (SSSR count). The van der Waals surface area contributed by atoms with Gasteiger partial charge in [0.1, 0.15) is 6.04 Å². The zero-order valence-electron chi connectivity index (χ0n) is 14.3. The Morgan fingerprint density at radius 3 is 2.50 bits per heavy atom. The molecule has 0 aliphatic carbocycles. The number of benzene rings is 1. The summed E-state index contributed by atoms with van der Waals surface area (Å²) in [5.74, 6) is -0.0990. The number of amides is 3. The molecular weight excluding hydrogens is 330 g/mol. The van der Waals surface area contributed by atoms with E-state index in [0.29, 0.717) is 37.0 Å². The van der Waals surface area contributed by atoms with Crippen LogP contribution in [-0.4, -0.2) is 49.2 Å². The van der Waals surface area contributed by atoms with Crippen molar-refractivity contribution in [2.24, 2.45) is 5.92 Å². The number of rotatable bonds is 4. The minimum Gasteiger partial charge on any atom is -0.378 e. The number of morpholine rings is 1. The Balaban J connectivity index is 1.99. The minimum absolute atomic E-state index is 0.0206. The van der Waals surface area contributed by atoms with Gasteiger partial charge in [-0.3, -0.25) is 4.79 Å². The predicted molar refractivity (Wildman–Crippen MR) is 94.4 cm³/mol. The molecule has 1 heterocycles. The van der Waals surface area contributed by atoms with Gasteiger partial charge in [0.25, 0.3) is 0 Å². The molecule has 1 aliphatic rings. The number of nitrogens with zero attached hydrogens (tertiary/aromatic N) is 1. The number of carbonyl (C=O) groups is 2. The summed E-state index contributed by atoms with van der Waals surface area (Å²) in [4.78, 5) is 26.6. The molecule has 0 bridgehead atoms. The second-order valence-corrected chi connectivity index (χ2v) is 6.63. The fraction of sp³-hybridized carbons (Fsp3) is 0.529. The summed E-state index contributed by atoms with van der Waals surface area (Å²) >= 11 is 6.06. The normalized spacial score (nSPS) is 16.0. The summed E-state index contributed by atoms with van der Waals surface area (Å²) in [5, 5.41) is 6.08. The van der Waals surface area contributed by atoms with Crippen LogP contribution < -0.4 is 10.6 Å². The SMILES string of the molecule is Cc1ccc(NC(=O)NC(C(=O)N2CCOCC2)C(C)C)cc1Cl. The summed E-state index contributed by atoms with van der Waals surface area (Å²) in [7, 11) is 0. The maximum atomic E-state index is 12.6. The molecule has 132 valence electrons. The number of hydrogen-bond acceptors (Lipinski definition) is 3. The Morgan fingerprint density at radius 1 is 1.25 bits per heavy atom. The molecule has 0 radical (unpaired) electrons. The van der Waals surface area contributed by atoms with Crippen LogP contribution in [0.4, 0.5) is 10.5 Å². The molecule has 1 saturated heterocycles. The van der Waals surface area contributed by atoms with Gasteiger partial charge in [-0.15, -0.1) is 0 Å². The number of nitrogens with one attached hydrogen (secondary N) is 2. The summed E-state index contributed by atoms with van der Waals surface area (Å²) < 4.78 is 5.26. The second kappa shape index (κ2) is 8.35. The molecule has 1 aromatic carbocycles. The average molecular weight is 354 g/mol. The average Bonchev–Trinajstić information content (AvgIpc) is 2.56. The molecule has 3 amide bonds. The molecule has 1 unspecified atom stereocenters. The Morgan fingerprint density at radius 2 is 1.92 bits per heavy atom. The highest BCUT2D eigenvalue weighted by Crippen LogP contribution is 2.20. The third-order valence-corrected chi connectivity index (χ3v) is 4.38. The van der Waals surface area contributed by atoms with Gasteiger partial charge in [-0.25, -0.2) is 4.79 Å². The Labute approximate surface area is 147 Å². The van der Waals surface area contributed by atoms with Crippen molar-refractivity contribution in [2.75, 3.05) is 31.6 Å². The van der Waals surface area contributed by atoms with Crippen molar-refractivity contribution in [3.8, 4) is 0 Å². The summed E-state index contributed by atoms with van der Waals surface area (Å²) in [6, 6.07) is 4.29.